The molecule has 1 fully saturated rings. The van der Waals surface area contributed by atoms with Crippen LogP contribution in [-0.4, -0.2) is 28.9 Å². The quantitative estimate of drug-likeness (QED) is 0.717. The van der Waals surface area contributed by atoms with Gasteiger partial charge in [-0.25, -0.2) is 4.79 Å². The summed E-state index contributed by atoms with van der Waals surface area (Å²) in [6.45, 7) is 0. The number of carboxylic acids is 1. The lowest BCUT2D eigenvalue weighted by Gasteiger charge is -2.14. The molecule has 1 saturated heterocycles. The van der Waals surface area contributed by atoms with Gasteiger partial charge in [-0.15, -0.1) is 0 Å². The lowest BCUT2D eigenvalue weighted by atomic mass is 10.1. The van der Waals surface area contributed by atoms with Gasteiger partial charge in [-0.1, -0.05) is 15.9 Å². The van der Waals surface area contributed by atoms with Crippen LogP contribution in [0.15, 0.2) is 21.1 Å². The van der Waals surface area contributed by atoms with Crippen LogP contribution in [0.1, 0.15) is 23.2 Å². The summed E-state index contributed by atoms with van der Waals surface area (Å²) in [7, 11) is 0. The molecule has 2 rings (SSSR count). The molecule has 1 aromatic carbocycles. The van der Waals surface area contributed by atoms with Gasteiger partial charge in [0.25, 0.3) is 0 Å². The van der Waals surface area contributed by atoms with Gasteiger partial charge in [0.2, 0.25) is 11.8 Å². The Morgan fingerprint density at radius 1 is 1.35 bits per heavy atom. The Bertz CT molecular complexity index is 603. The van der Waals surface area contributed by atoms with Crippen LogP contribution in [0.25, 0.3) is 0 Å². The first kappa shape index (κ1) is 15.0. The van der Waals surface area contributed by atoms with E-state index in [4.69, 9.17) is 0 Å². The zero-order valence-corrected chi connectivity index (χ0v) is 13.2. The number of carboxylic acid groups (broad SMARTS) is 1. The minimum absolute atomic E-state index is 0.0380. The van der Waals surface area contributed by atoms with E-state index in [0.29, 0.717) is 21.8 Å². The van der Waals surface area contributed by atoms with Crippen molar-refractivity contribution in [3.63, 3.8) is 0 Å². The summed E-state index contributed by atoms with van der Waals surface area (Å²) in [5, 5.41) is 14.3. The number of amides is 2. The molecular formula is C12H10Br2N2O4. The molecule has 1 unspecified atom stereocenters. The average Bonchev–Trinajstić information content (AvgIpc) is 2.78. The molecule has 1 aliphatic rings. The van der Waals surface area contributed by atoms with Crippen LogP contribution >= 0.6 is 31.9 Å². The van der Waals surface area contributed by atoms with Crippen molar-refractivity contribution in [2.24, 2.45) is 0 Å². The minimum atomic E-state index is -1.15. The molecule has 2 amide bonds. The Kier molecular flexibility index (Phi) is 4.44. The normalized spacial score (nSPS) is 17.7. The van der Waals surface area contributed by atoms with E-state index in [-0.39, 0.29) is 17.2 Å². The van der Waals surface area contributed by atoms with E-state index in [1.165, 1.54) is 6.07 Å². The van der Waals surface area contributed by atoms with Crippen LogP contribution < -0.4 is 10.6 Å². The van der Waals surface area contributed by atoms with E-state index >= 15 is 0 Å². The van der Waals surface area contributed by atoms with Crippen LogP contribution in [0.4, 0.5) is 5.69 Å². The number of hydrogen-bond acceptors (Lipinski definition) is 3. The summed E-state index contributed by atoms with van der Waals surface area (Å²) in [6.07, 6.45) is 0.701. The Morgan fingerprint density at radius 3 is 2.60 bits per heavy atom. The molecule has 8 heteroatoms. The molecule has 0 aromatic heterocycles. The zero-order valence-electron chi connectivity index (χ0n) is 10.1. The molecule has 1 atom stereocenters. The van der Waals surface area contributed by atoms with Crippen LogP contribution in [0.3, 0.4) is 0 Å². The molecule has 0 bridgehead atoms. The topological polar surface area (TPSA) is 95.5 Å². The summed E-state index contributed by atoms with van der Waals surface area (Å²) in [6, 6.07) is 2.41. The highest BCUT2D eigenvalue weighted by Gasteiger charge is 2.28. The van der Waals surface area contributed by atoms with Crippen molar-refractivity contribution in [2.45, 2.75) is 18.9 Å². The van der Waals surface area contributed by atoms with E-state index in [2.05, 4.69) is 42.5 Å². The molecule has 106 valence electrons. The molecule has 0 saturated carbocycles. The number of nitrogens with one attached hydrogen (secondary N) is 2. The lowest BCUT2D eigenvalue weighted by Crippen LogP contribution is -2.37. The number of anilines is 1. The van der Waals surface area contributed by atoms with Gasteiger partial charge < -0.3 is 15.7 Å². The van der Waals surface area contributed by atoms with Gasteiger partial charge in [0, 0.05) is 15.4 Å². The predicted molar refractivity (Wildman–Crippen MR) is 78.6 cm³/mol. The highest BCUT2D eigenvalue weighted by Crippen LogP contribution is 2.31. The zero-order chi connectivity index (χ0) is 14.9. The van der Waals surface area contributed by atoms with Gasteiger partial charge in [0.05, 0.1) is 11.3 Å². The minimum Gasteiger partial charge on any atom is -0.478 e. The SMILES string of the molecule is O=C1CCC(C(=O)Nc2c(Br)cc(Br)cc2C(=O)O)N1. The Hall–Kier alpha value is -1.41. The van der Waals surface area contributed by atoms with E-state index in [0.717, 1.165) is 0 Å². The van der Waals surface area contributed by atoms with Crippen molar-refractivity contribution < 1.29 is 19.5 Å². The highest BCUT2D eigenvalue weighted by atomic mass is 79.9. The van der Waals surface area contributed by atoms with Crippen molar-refractivity contribution in [3.05, 3.63) is 26.6 Å². The van der Waals surface area contributed by atoms with E-state index in [1.807, 2.05) is 0 Å². The molecule has 1 heterocycles. The number of halogens is 2. The van der Waals surface area contributed by atoms with Crippen LogP contribution in [-0.2, 0) is 9.59 Å². The van der Waals surface area contributed by atoms with E-state index < -0.39 is 17.9 Å². The summed E-state index contributed by atoms with van der Waals surface area (Å²) in [5.74, 6) is -1.77. The number of aromatic carboxylic acids is 1. The van der Waals surface area contributed by atoms with E-state index in [1.54, 1.807) is 6.07 Å². The second-order valence-electron chi connectivity index (χ2n) is 4.26. The molecule has 3 N–H and O–H groups in total. The first-order chi connectivity index (χ1) is 9.38. The second kappa shape index (κ2) is 5.92. The third-order valence-electron chi connectivity index (χ3n) is 2.85. The maximum absolute atomic E-state index is 12.0. The summed E-state index contributed by atoms with van der Waals surface area (Å²) in [4.78, 5) is 34.3. The molecule has 0 radical (unpaired) electrons. The molecule has 0 spiro atoms. The van der Waals surface area contributed by atoms with E-state index in [9.17, 15) is 19.5 Å². The first-order valence-electron chi connectivity index (χ1n) is 5.71. The third-order valence-corrected chi connectivity index (χ3v) is 3.93. The maximum atomic E-state index is 12.0. The predicted octanol–water partition coefficient (Wildman–Crippen LogP) is 2.13. The fraction of sp³-hybridized carbons (Fsp3) is 0.250. The Balaban J connectivity index is 2.26. The number of rotatable bonds is 3. The Morgan fingerprint density at radius 2 is 2.05 bits per heavy atom. The summed E-state index contributed by atoms with van der Waals surface area (Å²) >= 11 is 6.41. The first-order valence-corrected chi connectivity index (χ1v) is 7.29. The van der Waals surface area contributed by atoms with Gasteiger partial charge in [-0.05, 0) is 34.5 Å². The van der Waals surface area contributed by atoms with Crippen molar-refractivity contribution in [3.8, 4) is 0 Å². The van der Waals surface area contributed by atoms with Crippen molar-refractivity contribution in [1.82, 2.24) is 5.32 Å². The largest absolute Gasteiger partial charge is 0.478 e. The van der Waals surface area contributed by atoms with Crippen molar-refractivity contribution >= 4 is 55.3 Å². The monoisotopic (exact) mass is 404 g/mol. The average molecular weight is 406 g/mol. The third kappa shape index (κ3) is 3.18. The smallest absolute Gasteiger partial charge is 0.337 e. The fourth-order valence-corrected chi connectivity index (χ4v) is 3.21. The van der Waals surface area contributed by atoms with Crippen LogP contribution in [0.2, 0.25) is 0 Å². The van der Waals surface area contributed by atoms with Crippen molar-refractivity contribution in [2.75, 3.05) is 5.32 Å². The standard InChI is InChI=1S/C12H10Br2N2O4/c13-5-3-6(12(19)20)10(7(14)4-5)16-11(18)8-1-2-9(17)15-8/h3-4,8H,1-2H2,(H,15,17)(H,16,18)(H,19,20). The number of hydrogen-bond donors (Lipinski definition) is 3. The van der Waals surface area contributed by atoms with Gasteiger partial charge in [-0.3, -0.25) is 9.59 Å². The molecule has 1 aromatic rings. The molecule has 1 aliphatic heterocycles. The second-order valence-corrected chi connectivity index (χ2v) is 6.03. The highest BCUT2D eigenvalue weighted by molar-refractivity contribution is 9.11. The van der Waals surface area contributed by atoms with Crippen molar-refractivity contribution in [1.29, 1.82) is 0 Å². The van der Waals surface area contributed by atoms with Gasteiger partial charge in [-0.2, -0.15) is 0 Å². The Labute approximate surface area is 131 Å². The summed E-state index contributed by atoms with van der Waals surface area (Å²) in [5.41, 5.74) is 0.135. The lowest BCUT2D eigenvalue weighted by molar-refractivity contribution is -0.122. The number of carbonyl (C=O) groups excluding carboxylic acids is 2. The molecule has 6 nitrogen and oxygen atoms in total. The molecule has 0 aliphatic carbocycles. The van der Waals surface area contributed by atoms with Gasteiger partial charge in [0.1, 0.15) is 6.04 Å². The van der Waals surface area contributed by atoms with Gasteiger partial charge >= 0.3 is 5.97 Å². The number of benzene rings is 1. The summed E-state index contributed by atoms with van der Waals surface area (Å²) < 4.78 is 1.02. The van der Waals surface area contributed by atoms with Gasteiger partial charge in [0.15, 0.2) is 0 Å². The number of carbonyl (C=O) groups is 3. The molecule has 20 heavy (non-hydrogen) atoms. The fourth-order valence-electron chi connectivity index (χ4n) is 1.89. The maximum Gasteiger partial charge on any atom is 0.337 e. The van der Waals surface area contributed by atoms with Crippen LogP contribution in [0, 0.1) is 0 Å². The van der Waals surface area contributed by atoms with Crippen LogP contribution in [0.5, 0.6) is 0 Å². The molecular weight excluding hydrogens is 396 g/mol.